The molecule has 16 heavy (non-hydrogen) atoms. The van der Waals surface area contributed by atoms with Crippen LogP contribution in [0.2, 0.25) is 5.02 Å². The van der Waals surface area contributed by atoms with Gasteiger partial charge in [-0.25, -0.2) is 0 Å². The quantitative estimate of drug-likeness (QED) is 0.837. The van der Waals surface area contributed by atoms with Crippen LogP contribution < -0.4 is 5.32 Å². The van der Waals surface area contributed by atoms with Crippen molar-refractivity contribution in [1.29, 1.82) is 0 Å². The van der Waals surface area contributed by atoms with E-state index in [9.17, 15) is 4.79 Å². The summed E-state index contributed by atoms with van der Waals surface area (Å²) in [5, 5.41) is 3.38. The normalized spacial score (nSPS) is 12.2. The summed E-state index contributed by atoms with van der Waals surface area (Å²) in [6, 6.07) is 5.09. The molecule has 0 bridgehead atoms. The van der Waals surface area contributed by atoms with Crippen LogP contribution in [0.25, 0.3) is 0 Å². The van der Waals surface area contributed by atoms with Crippen molar-refractivity contribution >= 4 is 45.0 Å². The standard InChI is InChI=1S/C11H12BrCl2NO/c1-7(13)2-3-15-11(16)8-4-9(12)6-10(14)5-8/h4-7H,2-3H2,1H3,(H,15,16). The maximum Gasteiger partial charge on any atom is 0.251 e. The van der Waals surface area contributed by atoms with Gasteiger partial charge in [-0.2, -0.15) is 0 Å². The van der Waals surface area contributed by atoms with Gasteiger partial charge in [0.2, 0.25) is 0 Å². The second-order valence-corrected chi connectivity index (χ2v) is 5.58. The van der Waals surface area contributed by atoms with Crippen molar-refractivity contribution in [3.8, 4) is 0 Å². The SMILES string of the molecule is CC(Cl)CCNC(=O)c1cc(Cl)cc(Br)c1. The number of nitrogens with one attached hydrogen (secondary N) is 1. The van der Waals surface area contributed by atoms with Crippen molar-refractivity contribution in [2.45, 2.75) is 18.7 Å². The first-order valence-electron chi connectivity index (χ1n) is 4.87. The molecular weight excluding hydrogens is 313 g/mol. The van der Waals surface area contributed by atoms with E-state index in [1.807, 2.05) is 6.92 Å². The molecule has 0 fully saturated rings. The van der Waals surface area contributed by atoms with Crippen molar-refractivity contribution in [3.63, 3.8) is 0 Å². The van der Waals surface area contributed by atoms with Gasteiger partial charge in [-0.05, 0) is 31.5 Å². The minimum atomic E-state index is -0.138. The van der Waals surface area contributed by atoms with Gasteiger partial charge in [0.1, 0.15) is 0 Å². The average Bonchev–Trinajstić information content (AvgIpc) is 2.15. The molecule has 0 saturated heterocycles. The predicted octanol–water partition coefficient (Wildman–Crippen LogP) is 3.85. The second-order valence-electron chi connectivity index (χ2n) is 3.48. The maximum absolute atomic E-state index is 11.7. The number of benzene rings is 1. The van der Waals surface area contributed by atoms with Crippen LogP contribution in [0.4, 0.5) is 0 Å². The van der Waals surface area contributed by atoms with Crippen molar-refractivity contribution < 1.29 is 4.79 Å². The van der Waals surface area contributed by atoms with E-state index in [0.717, 1.165) is 10.9 Å². The molecule has 0 saturated carbocycles. The van der Waals surface area contributed by atoms with Crippen LogP contribution in [-0.2, 0) is 0 Å². The summed E-state index contributed by atoms with van der Waals surface area (Å²) >= 11 is 14.9. The van der Waals surface area contributed by atoms with Crippen LogP contribution in [0, 0.1) is 0 Å². The summed E-state index contributed by atoms with van der Waals surface area (Å²) < 4.78 is 0.788. The van der Waals surface area contributed by atoms with E-state index >= 15 is 0 Å². The largest absolute Gasteiger partial charge is 0.352 e. The topological polar surface area (TPSA) is 29.1 Å². The zero-order valence-electron chi connectivity index (χ0n) is 8.77. The smallest absolute Gasteiger partial charge is 0.251 e. The first kappa shape index (κ1) is 13.8. The average molecular weight is 325 g/mol. The monoisotopic (exact) mass is 323 g/mol. The van der Waals surface area contributed by atoms with Crippen LogP contribution in [0.1, 0.15) is 23.7 Å². The molecule has 1 aromatic carbocycles. The van der Waals surface area contributed by atoms with E-state index in [-0.39, 0.29) is 11.3 Å². The van der Waals surface area contributed by atoms with Crippen LogP contribution >= 0.6 is 39.1 Å². The number of hydrogen-bond acceptors (Lipinski definition) is 1. The highest BCUT2D eigenvalue weighted by molar-refractivity contribution is 9.10. The molecule has 2 nitrogen and oxygen atoms in total. The minimum Gasteiger partial charge on any atom is -0.352 e. The maximum atomic E-state index is 11.7. The molecule has 1 atom stereocenters. The molecule has 0 aromatic heterocycles. The molecule has 0 aliphatic rings. The molecule has 0 radical (unpaired) electrons. The van der Waals surface area contributed by atoms with Crippen LogP contribution in [0.3, 0.4) is 0 Å². The molecule has 1 aromatic rings. The lowest BCUT2D eigenvalue weighted by Crippen LogP contribution is -2.25. The van der Waals surface area contributed by atoms with E-state index in [0.29, 0.717) is 17.1 Å². The number of amides is 1. The molecular formula is C11H12BrCl2NO. The molecule has 1 amide bonds. The molecule has 5 heteroatoms. The third kappa shape index (κ3) is 4.73. The van der Waals surface area contributed by atoms with Crippen LogP contribution in [0.15, 0.2) is 22.7 Å². The Kier molecular flexibility index (Phi) is 5.59. The summed E-state index contributed by atoms with van der Waals surface area (Å²) in [4.78, 5) is 11.7. The van der Waals surface area contributed by atoms with Crippen LogP contribution in [0.5, 0.6) is 0 Å². The van der Waals surface area contributed by atoms with Gasteiger partial charge in [-0.15, -0.1) is 11.6 Å². The summed E-state index contributed by atoms with van der Waals surface area (Å²) in [6.45, 7) is 2.46. The van der Waals surface area contributed by atoms with Gasteiger partial charge in [0.25, 0.3) is 5.91 Å². The fourth-order valence-electron chi connectivity index (χ4n) is 1.17. The highest BCUT2D eigenvalue weighted by Gasteiger charge is 2.07. The molecule has 0 spiro atoms. The van der Waals surface area contributed by atoms with Crippen molar-refractivity contribution in [1.82, 2.24) is 5.32 Å². The first-order valence-corrected chi connectivity index (χ1v) is 6.48. The Labute approximate surface area is 113 Å². The molecule has 0 aliphatic heterocycles. The van der Waals surface area contributed by atoms with E-state index < -0.39 is 0 Å². The van der Waals surface area contributed by atoms with Crippen molar-refractivity contribution in [3.05, 3.63) is 33.3 Å². The van der Waals surface area contributed by atoms with Gasteiger partial charge in [-0.1, -0.05) is 27.5 Å². The summed E-state index contributed by atoms with van der Waals surface area (Å²) in [7, 11) is 0. The molecule has 0 heterocycles. The number of alkyl halides is 1. The highest BCUT2D eigenvalue weighted by atomic mass is 79.9. The van der Waals surface area contributed by atoms with Gasteiger partial charge in [0, 0.05) is 27.0 Å². The highest BCUT2D eigenvalue weighted by Crippen LogP contribution is 2.19. The Morgan fingerprint density at radius 1 is 1.50 bits per heavy atom. The van der Waals surface area contributed by atoms with E-state index in [1.165, 1.54) is 0 Å². The Hall–Kier alpha value is -0.250. The third-order valence-electron chi connectivity index (χ3n) is 1.95. The van der Waals surface area contributed by atoms with E-state index in [2.05, 4.69) is 21.2 Å². The summed E-state index contributed by atoms with van der Waals surface area (Å²) in [6.07, 6.45) is 0.745. The number of hydrogen-bond donors (Lipinski definition) is 1. The van der Waals surface area contributed by atoms with Crippen molar-refractivity contribution in [2.24, 2.45) is 0 Å². The second kappa shape index (κ2) is 6.48. The number of carbonyl (C=O) groups is 1. The predicted molar refractivity (Wildman–Crippen MR) is 71.4 cm³/mol. The number of rotatable bonds is 4. The van der Waals surface area contributed by atoms with Gasteiger partial charge in [0.05, 0.1) is 0 Å². The number of carbonyl (C=O) groups excluding carboxylic acids is 1. The van der Waals surface area contributed by atoms with Gasteiger partial charge in [0.15, 0.2) is 0 Å². The lowest BCUT2D eigenvalue weighted by molar-refractivity contribution is 0.0953. The Morgan fingerprint density at radius 3 is 2.75 bits per heavy atom. The third-order valence-corrected chi connectivity index (χ3v) is 2.85. The van der Waals surface area contributed by atoms with Crippen molar-refractivity contribution in [2.75, 3.05) is 6.54 Å². The Bertz CT molecular complexity index is 362. The fraction of sp³-hybridized carbons (Fsp3) is 0.364. The Balaban J connectivity index is 2.59. The summed E-state index contributed by atoms with van der Waals surface area (Å²) in [5.74, 6) is -0.138. The lowest BCUT2D eigenvalue weighted by atomic mass is 10.2. The minimum absolute atomic E-state index is 0.0615. The van der Waals surface area contributed by atoms with Gasteiger partial charge in [-0.3, -0.25) is 4.79 Å². The fourth-order valence-corrected chi connectivity index (χ4v) is 2.14. The molecule has 88 valence electrons. The molecule has 1 unspecified atom stereocenters. The summed E-state index contributed by atoms with van der Waals surface area (Å²) in [5.41, 5.74) is 0.543. The zero-order chi connectivity index (χ0) is 12.1. The first-order chi connectivity index (χ1) is 7.49. The van der Waals surface area contributed by atoms with E-state index in [1.54, 1.807) is 18.2 Å². The number of halogens is 3. The van der Waals surface area contributed by atoms with Gasteiger partial charge >= 0.3 is 0 Å². The van der Waals surface area contributed by atoms with E-state index in [4.69, 9.17) is 23.2 Å². The molecule has 1 N–H and O–H groups in total. The van der Waals surface area contributed by atoms with Crippen LogP contribution in [-0.4, -0.2) is 17.8 Å². The lowest BCUT2D eigenvalue weighted by Gasteiger charge is -2.07. The van der Waals surface area contributed by atoms with Gasteiger partial charge < -0.3 is 5.32 Å². The Morgan fingerprint density at radius 2 is 2.19 bits per heavy atom. The molecule has 1 rings (SSSR count). The molecule has 0 aliphatic carbocycles. The zero-order valence-corrected chi connectivity index (χ0v) is 11.9.